The largest absolute Gasteiger partial charge is 0.480 e. The van der Waals surface area contributed by atoms with Gasteiger partial charge in [-0.05, 0) is 12.8 Å². The Labute approximate surface area is 115 Å². The molecule has 0 spiro atoms. The van der Waals surface area contributed by atoms with Crippen LogP contribution >= 0.6 is 11.3 Å². The summed E-state index contributed by atoms with van der Waals surface area (Å²) in [5, 5.41) is 14.5. The Bertz CT molecular complexity index is 445. The van der Waals surface area contributed by atoms with Crippen molar-refractivity contribution in [2.45, 2.75) is 31.7 Å². The number of carboxylic acids is 1. The Morgan fingerprint density at radius 3 is 2.89 bits per heavy atom. The van der Waals surface area contributed by atoms with Gasteiger partial charge in [0.1, 0.15) is 6.54 Å². The molecule has 1 aromatic heterocycles. The van der Waals surface area contributed by atoms with Gasteiger partial charge in [0.2, 0.25) is 0 Å². The van der Waals surface area contributed by atoms with Crippen molar-refractivity contribution in [3.63, 3.8) is 0 Å². The highest BCUT2D eigenvalue weighted by Crippen LogP contribution is 2.26. The third kappa shape index (κ3) is 3.92. The Morgan fingerprint density at radius 1 is 1.63 bits per heavy atom. The number of nitrogens with zero attached hydrogens (tertiary/aromatic N) is 2. The van der Waals surface area contributed by atoms with Crippen LogP contribution in [0.25, 0.3) is 0 Å². The van der Waals surface area contributed by atoms with Crippen LogP contribution < -0.4 is 5.32 Å². The third-order valence-electron chi connectivity index (χ3n) is 2.99. The SMILES string of the molecule is CC(CNC(=O)N(CC(=O)O)C1CC1)c1nccs1. The predicted octanol–water partition coefficient (Wildman–Crippen LogP) is 1.51. The number of rotatable bonds is 6. The molecule has 7 heteroatoms. The maximum Gasteiger partial charge on any atom is 0.323 e. The van der Waals surface area contributed by atoms with Gasteiger partial charge in [-0.1, -0.05) is 6.92 Å². The number of aliphatic carboxylic acids is 1. The fourth-order valence-electron chi connectivity index (χ4n) is 1.81. The van der Waals surface area contributed by atoms with E-state index in [0.29, 0.717) is 6.54 Å². The second-order valence-corrected chi connectivity index (χ2v) is 5.64. The van der Waals surface area contributed by atoms with Gasteiger partial charge in [-0.3, -0.25) is 4.79 Å². The minimum absolute atomic E-state index is 0.0891. The summed E-state index contributed by atoms with van der Waals surface area (Å²) in [5.41, 5.74) is 0. The molecule has 1 aliphatic rings. The zero-order chi connectivity index (χ0) is 13.8. The third-order valence-corrected chi connectivity index (χ3v) is 3.99. The average Bonchev–Trinajstić information content (AvgIpc) is 3.06. The average molecular weight is 283 g/mol. The first-order valence-corrected chi connectivity index (χ1v) is 7.11. The van der Waals surface area contributed by atoms with Crippen LogP contribution in [0.5, 0.6) is 0 Å². The van der Waals surface area contributed by atoms with E-state index in [-0.39, 0.29) is 24.5 Å². The van der Waals surface area contributed by atoms with Gasteiger partial charge in [-0.25, -0.2) is 9.78 Å². The molecule has 104 valence electrons. The van der Waals surface area contributed by atoms with Crippen molar-refractivity contribution in [1.82, 2.24) is 15.2 Å². The first kappa shape index (κ1) is 13.8. The Kier molecular flexibility index (Phi) is 4.36. The highest BCUT2D eigenvalue weighted by molar-refractivity contribution is 7.09. The zero-order valence-corrected chi connectivity index (χ0v) is 11.5. The van der Waals surface area contributed by atoms with Gasteiger partial charge in [0.05, 0.1) is 5.01 Å². The molecule has 0 saturated heterocycles. The van der Waals surface area contributed by atoms with Crippen molar-refractivity contribution in [3.05, 3.63) is 16.6 Å². The smallest absolute Gasteiger partial charge is 0.323 e. The van der Waals surface area contributed by atoms with Gasteiger partial charge in [0.15, 0.2) is 0 Å². The predicted molar refractivity (Wildman–Crippen MR) is 71.3 cm³/mol. The fraction of sp³-hybridized carbons (Fsp3) is 0.583. The van der Waals surface area contributed by atoms with Crippen LogP contribution in [0, 0.1) is 0 Å². The molecule has 0 aliphatic heterocycles. The Balaban J connectivity index is 1.83. The molecule has 1 unspecified atom stereocenters. The molecule has 0 radical (unpaired) electrons. The quantitative estimate of drug-likeness (QED) is 0.829. The van der Waals surface area contributed by atoms with Crippen molar-refractivity contribution >= 4 is 23.3 Å². The number of hydrogen-bond acceptors (Lipinski definition) is 4. The molecule has 1 aromatic rings. The van der Waals surface area contributed by atoms with E-state index in [2.05, 4.69) is 10.3 Å². The molecule has 1 atom stereocenters. The summed E-state index contributed by atoms with van der Waals surface area (Å²) >= 11 is 1.55. The van der Waals surface area contributed by atoms with E-state index in [1.807, 2.05) is 12.3 Å². The lowest BCUT2D eigenvalue weighted by molar-refractivity contribution is -0.137. The molecule has 6 nitrogen and oxygen atoms in total. The molecule has 2 amide bonds. The molecule has 19 heavy (non-hydrogen) atoms. The van der Waals surface area contributed by atoms with Crippen molar-refractivity contribution in [2.75, 3.05) is 13.1 Å². The lowest BCUT2D eigenvalue weighted by atomic mass is 10.2. The minimum Gasteiger partial charge on any atom is -0.480 e. The number of carbonyl (C=O) groups is 2. The molecule has 1 fully saturated rings. The molecule has 1 saturated carbocycles. The van der Waals surface area contributed by atoms with Gasteiger partial charge in [-0.2, -0.15) is 0 Å². The molecule has 1 aliphatic carbocycles. The number of urea groups is 1. The van der Waals surface area contributed by atoms with Gasteiger partial charge in [0, 0.05) is 30.1 Å². The normalized spacial score (nSPS) is 15.8. The molecule has 2 N–H and O–H groups in total. The second-order valence-electron chi connectivity index (χ2n) is 4.71. The van der Waals surface area contributed by atoms with Crippen LogP contribution in [0.1, 0.15) is 30.7 Å². The summed E-state index contributed by atoms with van der Waals surface area (Å²) in [4.78, 5) is 28.3. The molecule has 2 rings (SSSR count). The lowest BCUT2D eigenvalue weighted by Gasteiger charge is -2.21. The van der Waals surface area contributed by atoms with E-state index in [0.717, 1.165) is 17.8 Å². The summed E-state index contributed by atoms with van der Waals surface area (Å²) in [6, 6.07) is -0.209. The standard InChI is InChI=1S/C12H17N3O3S/c1-8(11-13-4-5-19-11)6-14-12(18)15(7-10(16)17)9-2-3-9/h4-5,8-9H,2-3,6-7H2,1H3,(H,14,18)(H,16,17). The number of carbonyl (C=O) groups excluding carboxylic acids is 1. The maximum atomic E-state index is 12.0. The highest BCUT2D eigenvalue weighted by atomic mass is 32.1. The topological polar surface area (TPSA) is 82.5 Å². The van der Waals surface area contributed by atoms with Crippen LogP contribution in [0.3, 0.4) is 0 Å². The van der Waals surface area contributed by atoms with Gasteiger partial charge >= 0.3 is 12.0 Å². The summed E-state index contributed by atoms with van der Waals surface area (Å²) < 4.78 is 0. The summed E-state index contributed by atoms with van der Waals surface area (Å²) in [5.74, 6) is -0.843. The first-order chi connectivity index (χ1) is 9.08. The summed E-state index contributed by atoms with van der Waals surface area (Å²) in [7, 11) is 0. The fourth-order valence-corrected chi connectivity index (χ4v) is 2.50. The number of aromatic nitrogens is 1. The molecule has 1 heterocycles. The van der Waals surface area contributed by atoms with Crippen LogP contribution in [0.2, 0.25) is 0 Å². The summed E-state index contributed by atoms with van der Waals surface area (Å²) in [6.07, 6.45) is 3.52. The van der Waals surface area contributed by atoms with Crippen LogP contribution in [-0.4, -0.2) is 46.1 Å². The van der Waals surface area contributed by atoms with Gasteiger partial charge in [0.25, 0.3) is 0 Å². The minimum atomic E-state index is -0.977. The monoisotopic (exact) mass is 283 g/mol. The number of carboxylic acid groups (broad SMARTS) is 1. The van der Waals surface area contributed by atoms with Crippen LogP contribution in [0.4, 0.5) is 4.79 Å². The molecular formula is C12H17N3O3S. The maximum absolute atomic E-state index is 12.0. The number of thiazole rings is 1. The molecule has 0 bridgehead atoms. The summed E-state index contributed by atoms with van der Waals surface area (Å²) in [6.45, 7) is 2.22. The van der Waals surface area contributed by atoms with E-state index in [1.54, 1.807) is 17.5 Å². The molecule has 0 aromatic carbocycles. The van der Waals surface area contributed by atoms with E-state index in [9.17, 15) is 9.59 Å². The number of nitrogens with one attached hydrogen (secondary N) is 1. The van der Waals surface area contributed by atoms with Crippen molar-refractivity contribution in [3.8, 4) is 0 Å². The van der Waals surface area contributed by atoms with E-state index < -0.39 is 5.97 Å². The van der Waals surface area contributed by atoms with Crippen molar-refractivity contribution < 1.29 is 14.7 Å². The van der Waals surface area contributed by atoms with Gasteiger partial charge in [-0.15, -0.1) is 11.3 Å². The first-order valence-electron chi connectivity index (χ1n) is 6.23. The van der Waals surface area contributed by atoms with E-state index in [1.165, 1.54) is 4.90 Å². The molecular weight excluding hydrogens is 266 g/mol. The Hall–Kier alpha value is -1.63. The van der Waals surface area contributed by atoms with Crippen LogP contribution in [0.15, 0.2) is 11.6 Å². The van der Waals surface area contributed by atoms with E-state index in [4.69, 9.17) is 5.11 Å². The number of amides is 2. The zero-order valence-electron chi connectivity index (χ0n) is 10.7. The van der Waals surface area contributed by atoms with Crippen molar-refractivity contribution in [1.29, 1.82) is 0 Å². The second kappa shape index (κ2) is 6.01. The Morgan fingerprint density at radius 2 is 2.37 bits per heavy atom. The highest BCUT2D eigenvalue weighted by Gasteiger charge is 2.33. The van der Waals surface area contributed by atoms with Crippen molar-refractivity contribution in [2.24, 2.45) is 0 Å². The van der Waals surface area contributed by atoms with E-state index >= 15 is 0 Å². The number of hydrogen-bond donors (Lipinski definition) is 2. The van der Waals surface area contributed by atoms with Crippen LogP contribution in [-0.2, 0) is 4.79 Å². The lowest BCUT2D eigenvalue weighted by Crippen LogP contribution is -2.45. The van der Waals surface area contributed by atoms with Gasteiger partial charge < -0.3 is 15.3 Å².